The van der Waals surface area contributed by atoms with Crippen LogP contribution in [0.5, 0.6) is 0 Å². The number of benzene rings is 1. The van der Waals surface area contributed by atoms with Crippen molar-refractivity contribution in [2.75, 3.05) is 0 Å². The van der Waals surface area contributed by atoms with Gasteiger partial charge in [0.05, 0.1) is 0 Å². The van der Waals surface area contributed by atoms with E-state index in [1.165, 1.54) is 0 Å². The van der Waals surface area contributed by atoms with E-state index >= 15 is 0 Å². The van der Waals surface area contributed by atoms with Gasteiger partial charge in [-0.3, -0.25) is 0 Å². The molecule has 72 valence electrons. The maximum atomic E-state index is 10.9. The highest BCUT2D eigenvalue weighted by Crippen LogP contribution is 2.31. The van der Waals surface area contributed by atoms with E-state index in [9.17, 15) is 9.90 Å². The molecule has 14 heavy (non-hydrogen) atoms. The van der Waals surface area contributed by atoms with Gasteiger partial charge in [-0.15, -0.1) is 0 Å². The summed E-state index contributed by atoms with van der Waals surface area (Å²) < 4.78 is 4.76. The molecule has 1 heterocycles. The quantitative estimate of drug-likeness (QED) is 0.663. The number of cyclic esters (lactones) is 1. The molecule has 1 aliphatic rings. The molecule has 4 nitrogen and oxygen atoms in total. The Labute approximate surface area is 80.1 Å². The average Bonchev–Trinajstić information content (AvgIpc) is 2.47. The van der Waals surface area contributed by atoms with E-state index in [2.05, 4.69) is 0 Å². The van der Waals surface area contributed by atoms with Crippen LogP contribution in [0.25, 0.3) is 0 Å². The summed E-state index contributed by atoms with van der Waals surface area (Å²) in [6.45, 7) is 0. The van der Waals surface area contributed by atoms with Crippen LogP contribution in [0.1, 0.15) is 11.7 Å². The summed E-state index contributed by atoms with van der Waals surface area (Å²) in [7, 11) is 0. The van der Waals surface area contributed by atoms with E-state index in [1.54, 1.807) is 30.3 Å². The Morgan fingerprint density at radius 2 is 1.79 bits per heavy atom. The first-order valence-electron chi connectivity index (χ1n) is 4.08. The number of aliphatic hydroxyl groups excluding tert-OH is 2. The van der Waals surface area contributed by atoms with E-state index in [0.717, 1.165) is 0 Å². The molecular formula is C10H8O4. The number of carbonyl (C=O) groups is 1. The maximum absolute atomic E-state index is 10.9. The van der Waals surface area contributed by atoms with E-state index in [0.29, 0.717) is 5.56 Å². The Bertz CT molecular complexity index is 394. The zero-order chi connectivity index (χ0) is 10.1. The molecule has 0 saturated heterocycles. The molecular weight excluding hydrogens is 184 g/mol. The third-order valence-corrected chi connectivity index (χ3v) is 2.01. The highest BCUT2D eigenvalue weighted by atomic mass is 16.6. The first kappa shape index (κ1) is 8.62. The zero-order valence-electron chi connectivity index (χ0n) is 7.18. The van der Waals surface area contributed by atoms with Gasteiger partial charge in [0, 0.05) is 5.56 Å². The molecule has 1 aromatic carbocycles. The Balaban J connectivity index is 2.36. The number of rotatable bonds is 1. The van der Waals surface area contributed by atoms with Crippen molar-refractivity contribution in [3.05, 3.63) is 47.4 Å². The molecule has 0 bridgehead atoms. The first-order chi connectivity index (χ1) is 6.70. The lowest BCUT2D eigenvalue weighted by molar-refractivity contribution is -0.142. The van der Waals surface area contributed by atoms with Gasteiger partial charge in [-0.25, -0.2) is 4.79 Å². The minimum Gasteiger partial charge on any atom is -0.505 e. The summed E-state index contributed by atoms with van der Waals surface area (Å²) in [5.74, 6) is -2.03. The molecule has 0 radical (unpaired) electrons. The predicted octanol–water partition coefficient (Wildman–Crippen LogP) is 1.61. The second-order valence-corrected chi connectivity index (χ2v) is 2.93. The smallest absolute Gasteiger partial charge is 0.378 e. The Hall–Kier alpha value is -1.97. The molecule has 2 N–H and O–H groups in total. The summed E-state index contributed by atoms with van der Waals surface area (Å²) in [6, 6.07) is 8.72. The molecule has 0 amide bonds. The number of hydrogen-bond donors (Lipinski definition) is 2. The zero-order valence-corrected chi connectivity index (χ0v) is 7.18. The fourth-order valence-corrected chi connectivity index (χ4v) is 1.30. The SMILES string of the molecule is O=C1O[C@H](c2ccccc2)C(O)=C1O. The van der Waals surface area contributed by atoms with Crippen LogP contribution in [0.15, 0.2) is 41.9 Å². The van der Waals surface area contributed by atoms with Gasteiger partial charge in [-0.1, -0.05) is 30.3 Å². The van der Waals surface area contributed by atoms with Crippen LogP contribution in [0.4, 0.5) is 0 Å². The third-order valence-electron chi connectivity index (χ3n) is 2.01. The van der Waals surface area contributed by atoms with Crippen LogP contribution in [0, 0.1) is 0 Å². The predicted molar refractivity (Wildman–Crippen MR) is 47.6 cm³/mol. The Morgan fingerprint density at radius 1 is 1.14 bits per heavy atom. The largest absolute Gasteiger partial charge is 0.505 e. The normalized spacial score (nSPS) is 21.1. The monoisotopic (exact) mass is 192 g/mol. The van der Waals surface area contributed by atoms with Crippen LogP contribution >= 0.6 is 0 Å². The van der Waals surface area contributed by atoms with Crippen molar-refractivity contribution in [1.82, 2.24) is 0 Å². The Kier molecular flexibility index (Phi) is 1.89. The second kappa shape index (κ2) is 3.06. The van der Waals surface area contributed by atoms with E-state index in [-0.39, 0.29) is 0 Å². The fraction of sp³-hybridized carbons (Fsp3) is 0.100. The van der Waals surface area contributed by atoms with Gasteiger partial charge in [0.25, 0.3) is 0 Å². The van der Waals surface area contributed by atoms with Gasteiger partial charge in [-0.05, 0) is 0 Å². The van der Waals surface area contributed by atoms with Crippen LogP contribution in [0.3, 0.4) is 0 Å². The van der Waals surface area contributed by atoms with Gasteiger partial charge in [0.15, 0.2) is 11.9 Å². The van der Waals surface area contributed by atoms with Crippen LogP contribution in [-0.2, 0) is 9.53 Å². The highest BCUT2D eigenvalue weighted by molar-refractivity contribution is 5.89. The fourth-order valence-electron chi connectivity index (χ4n) is 1.30. The minimum absolute atomic E-state index is 0.429. The lowest BCUT2D eigenvalue weighted by Crippen LogP contribution is -2.02. The molecule has 0 saturated carbocycles. The van der Waals surface area contributed by atoms with Gasteiger partial charge in [0.1, 0.15) is 0 Å². The number of hydrogen-bond acceptors (Lipinski definition) is 4. The van der Waals surface area contributed by atoms with Crippen molar-refractivity contribution in [1.29, 1.82) is 0 Å². The van der Waals surface area contributed by atoms with Crippen molar-refractivity contribution < 1.29 is 19.7 Å². The minimum atomic E-state index is -0.892. The maximum Gasteiger partial charge on any atom is 0.378 e. The van der Waals surface area contributed by atoms with Crippen molar-refractivity contribution in [2.24, 2.45) is 0 Å². The summed E-state index contributed by atoms with van der Waals surface area (Å²) in [4.78, 5) is 10.9. The summed E-state index contributed by atoms with van der Waals surface area (Å²) in [5, 5.41) is 18.4. The molecule has 1 aromatic rings. The number of aliphatic hydroxyl groups is 2. The lowest BCUT2D eigenvalue weighted by Gasteiger charge is -2.08. The van der Waals surface area contributed by atoms with Gasteiger partial charge < -0.3 is 14.9 Å². The molecule has 0 unspecified atom stereocenters. The van der Waals surface area contributed by atoms with Crippen molar-refractivity contribution in [3.63, 3.8) is 0 Å². The molecule has 2 rings (SSSR count). The van der Waals surface area contributed by atoms with Crippen molar-refractivity contribution in [2.45, 2.75) is 6.10 Å². The molecule has 1 atom stereocenters. The number of ether oxygens (including phenoxy) is 1. The molecule has 0 aliphatic carbocycles. The topological polar surface area (TPSA) is 66.8 Å². The van der Waals surface area contributed by atoms with E-state index in [4.69, 9.17) is 9.84 Å². The summed E-state index contributed by atoms with van der Waals surface area (Å²) in [6.07, 6.45) is -0.872. The van der Waals surface area contributed by atoms with E-state index in [1.807, 2.05) is 0 Å². The van der Waals surface area contributed by atoms with E-state index < -0.39 is 23.6 Å². The molecule has 4 heteroatoms. The molecule has 0 spiro atoms. The number of esters is 1. The molecule has 0 fully saturated rings. The standard InChI is InChI=1S/C10H8O4/c11-7-8(12)10(13)14-9(7)6-4-2-1-3-5-6/h1-5,9,11-12H/t9-/m1/s1. The Morgan fingerprint density at radius 3 is 2.29 bits per heavy atom. The van der Waals surface area contributed by atoms with Gasteiger partial charge >= 0.3 is 5.97 Å². The summed E-state index contributed by atoms with van der Waals surface area (Å²) in [5.41, 5.74) is 0.627. The second-order valence-electron chi connectivity index (χ2n) is 2.93. The highest BCUT2D eigenvalue weighted by Gasteiger charge is 2.35. The van der Waals surface area contributed by atoms with Gasteiger partial charge in [0.2, 0.25) is 5.76 Å². The molecule has 1 aliphatic heterocycles. The average molecular weight is 192 g/mol. The van der Waals surface area contributed by atoms with Gasteiger partial charge in [-0.2, -0.15) is 0 Å². The lowest BCUT2D eigenvalue weighted by atomic mass is 10.1. The molecule has 0 aromatic heterocycles. The van der Waals surface area contributed by atoms with Crippen molar-refractivity contribution >= 4 is 5.97 Å². The third kappa shape index (κ3) is 1.21. The summed E-state index contributed by atoms with van der Waals surface area (Å²) >= 11 is 0. The van der Waals surface area contributed by atoms with Crippen LogP contribution in [-0.4, -0.2) is 16.2 Å². The number of carbonyl (C=O) groups excluding carboxylic acids is 1. The first-order valence-corrected chi connectivity index (χ1v) is 4.08. The van der Waals surface area contributed by atoms with Crippen molar-refractivity contribution in [3.8, 4) is 0 Å². The van der Waals surface area contributed by atoms with Crippen LogP contribution < -0.4 is 0 Å². The van der Waals surface area contributed by atoms with Crippen LogP contribution in [0.2, 0.25) is 0 Å².